The van der Waals surface area contributed by atoms with E-state index in [2.05, 4.69) is 5.32 Å². The summed E-state index contributed by atoms with van der Waals surface area (Å²) in [6.07, 6.45) is -4.51. The Bertz CT molecular complexity index is 787. The van der Waals surface area contributed by atoms with Crippen LogP contribution in [0.3, 0.4) is 0 Å². The van der Waals surface area contributed by atoms with Crippen LogP contribution >= 0.6 is 0 Å². The number of alkyl halides is 3. The minimum Gasteiger partial charge on any atom is -0.354 e. The Morgan fingerprint density at radius 3 is 2.31 bits per heavy atom. The fraction of sp³-hybridized carbons (Fsp3) is 0.316. The third kappa shape index (κ3) is 4.82. The number of carbonyl (C=O) groups is 1. The molecule has 1 amide bonds. The topological polar surface area (TPSA) is 55.1 Å². The third-order valence-corrected chi connectivity index (χ3v) is 4.17. The summed E-state index contributed by atoms with van der Waals surface area (Å²) in [5.74, 6) is -0.989. The summed E-state index contributed by atoms with van der Waals surface area (Å²) < 4.78 is 51.7. The zero-order valence-corrected chi connectivity index (χ0v) is 14.4. The molecule has 0 aliphatic carbocycles. The summed E-state index contributed by atoms with van der Waals surface area (Å²) in [5, 5.41) is 2.63. The van der Waals surface area contributed by atoms with Crippen LogP contribution in [0.25, 0.3) is 0 Å². The molecular weight excluding hydrogens is 348 g/mol. The molecule has 0 saturated carbocycles. The number of carbonyl (C=O) groups excluding carboxylic acids is 1. The van der Waals surface area contributed by atoms with Crippen molar-refractivity contribution in [3.05, 3.63) is 71.0 Å². The van der Waals surface area contributed by atoms with Crippen LogP contribution in [0, 0.1) is 5.82 Å². The number of hydrogen-bond donors (Lipinski definition) is 2. The lowest BCUT2D eigenvalue weighted by molar-refractivity contribution is -0.137. The summed E-state index contributed by atoms with van der Waals surface area (Å²) >= 11 is 0. The first-order valence-electron chi connectivity index (χ1n) is 7.97. The van der Waals surface area contributed by atoms with Crippen molar-refractivity contribution in [1.29, 1.82) is 0 Å². The predicted molar refractivity (Wildman–Crippen MR) is 90.8 cm³/mol. The number of rotatable bonds is 5. The maximum absolute atomic E-state index is 13.4. The van der Waals surface area contributed by atoms with Crippen LogP contribution in [0.4, 0.5) is 17.6 Å². The molecule has 2 aromatic carbocycles. The Hall–Kier alpha value is -2.41. The van der Waals surface area contributed by atoms with Crippen LogP contribution in [0.1, 0.15) is 36.6 Å². The van der Waals surface area contributed by atoms with E-state index in [0.29, 0.717) is 5.56 Å². The van der Waals surface area contributed by atoms with E-state index in [1.807, 2.05) is 13.8 Å². The lowest BCUT2D eigenvalue weighted by atomic mass is 9.84. The van der Waals surface area contributed by atoms with Crippen molar-refractivity contribution in [2.75, 3.05) is 6.54 Å². The highest BCUT2D eigenvalue weighted by Gasteiger charge is 2.31. The summed E-state index contributed by atoms with van der Waals surface area (Å²) in [6.45, 7) is 3.79. The minimum atomic E-state index is -4.51. The Balaban J connectivity index is 2.08. The van der Waals surface area contributed by atoms with Crippen LogP contribution in [0.5, 0.6) is 0 Å². The smallest absolute Gasteiger partial charge is 0.354 e. The Morgan fingerprint density at radius 2 is 1.69 bits per heavy atom. The molecule has 0 bridgehead atoms. The third-order valence-electron chi connectivity index (χ3n) is 4.17. The molecule has 3 nitrogen and oxygen atoms in total. The van der Waals surface area contributed by atoms with Gasteiger partial charge in [0.15, 0.2) is 0 Å². The van der Waals surface area contributed by atoms with Gasteiger partial charge in [-0.15, -0.1) is 0 Å². The van der Waals surface area contributed by atoms with Crippen LogP contribution in [-0.4, -0.2) is 12.5 Å². The fourth-order valence-electron chi connectivity index (χ4n) is 2.49. The lowest BCUT2D eigenvalue weighted by Gasteiger charge is -2.26. The number of nitrogens with two attached hydrogens (primary N) is 1. The summed E-state index contributed by atoms with van der Waals surface area (Å²) in [4.78, 5) is 12.3. The summed E-state index contributed by atoms with van der Waals surface area (Å²) in [5.41, 5.74) is 5.12. The molecule has 0 radical (unpaired) electrons. The van der Waals surface area contributed by atoms with Crippen LogP contribution < -0.4 is 11.1 Å². The second-order valence-electron chi connectivity index (χ2n) is 6.71. The van der Waals surface area contributed by atoms with Gasteiger partial charge in [0, 0.05) is 12.0 Å². The maximum Gasteiger partial charge on any atom is 0.416 e. The van der Waals surface area contributed by atoms with E-state index >= 15 is 0 Å². The van der Waals surface area contributed by atoms with Gasteiger partial charge in [-0.25, -0.2) is 4.39 Å². The highest BCUT2D eigenvalue weighted by atomic mass is 19.4. The van der Waals surface area contributed by atoms with Gasteiger partial charge in [0.2, 0.25) is 5.91 Å². The number of halogens is 4. The number of nitrogens with one attached hydrogen (secondary N) is 1. The second kappa shape index (κ2) is 7.45. The molecule has 0 saturated heterocycles. The van der Waals surface area contributed by atoms with E-state index in [-0.39, 0.29) is 17.9 Å². The van der Waals surface area contributed by atoms with Crippen molar-refractivity contribution in [1.82, 2.24) is 5.32 Å². The molecular formula is C19H20F4N2O. The van der Waals surface area contributed by atoms with E-state index < -0.39 is 29.1 Å². The van der Waals surface area contributed by atoms with E-state index in [1.165, 1.54) is 24.3 Å². The highest BCUT2D eigenvalue weighted by Crippen LogP contribution is 2.30. The molecule has 2 rings (SSSR count). The zero-order chi connectivity index (χ0) is 19.5. The van der Waals surface area contributed by atoms with Crippen molar-refractivity contribution in [3.8, 4) is 0 Å². The average molecular weight is 368 g/mol. The normalized spacial score (nSPS) is 13.3. The molecule has 0 fully saturated rings. The van der Waals surface area contributed by atoms with E-state index in [0.717, 1.165) is 12.1 Å². The van der Waals surface area contributed by atoms with E-state index in [4.69, 9.17) is 5.73 Å². The van der Waals surface area contributed by atoms with Crippen molar-refractivity contribution in [2.24, 2.45) is 5.73 Å². The number of amides is 1. The molecule has 1 unspecified atom stereocenters. The minimum absolute atomic E-state index is 0.0703. The van der Waals surface area contributed by atoms with Crippen LogP contribution in [0.15, 0.2) is 48.5 Å². The number of hydrogen-bond acceptors (Lipinski definition) is 2. The lowest BCUT2D eigenvalue weighted by Crippen LogP contribution is -2.41. The van der Waals surface area contributed by atoms with Crippen LogP contribution in [0.2, 0.25) is 0 Å². The second-order valence-corrected chi connectivity index (χ2v) is 6.71. The quantitative estimate of drug-likeness (QED) is 0.786. The van der Waals surface area contributed by atoms with Gasteiger partial charge >= 0.3 is 6.18 Å². The Morgan fingerprint density at radius 1 is 1.08 bits per heavy atom. The summed E-state index contributed by atoms with van der Waals surface area (Å²) in [7, 11) is 0. The molecule has 7 heteroatoms. The standard InChI is InChI=1S/C19H20F4N2O/c1-18(2,13-6-4-8-15(20)10-13)11-25-17(26)16(24)12-5-3-7-14(9-12)19(21,22)23/h3-10,16H,11,24H2,1-2H3,(H,25,26). The number of benzene rings is 2. The monoisotopic (exact) mass is 368 g/mol. The Kier molecular flexibility index (Phi) is 5.71. The van der Waals surface area contributed by atoms with Gasteiger partial charge in [0.05, 0.1) is 5.56 Å². The van der Waals surface area contributed by atoms with Gasteiger partial charge in [-0.1, -0.05) is 38.1 Å². The van der Waals surface area contributed by atoms with Gasteiger partial charge in [-0.2, -0.15) is 13.2 Å². The molecule has 26 heavy (non-hydrogen) atoms. The van der Waals surface area contributed by atoms with Gasteiger partial charge in [-0.05, 0) is 35.4 Å². The van der Waals surface area contributed by atoms with Gasteiger partial charge in [0.25, 0.3) is 0 Å². The molecule has 0 aliphatic rings. The largest absolute Gasteiger partial charge is 0.416 e. The van der Waals surface area contributed by atoms with Gasteiger partial charge in [0.1, 0.15) is 11.9 Å². The van der Waals surface area contributed by atoms with Crippen LogP contribution in [-0.2, 0) is 16.4 Å². The van der Waals surface area contributed by atoms with E-state index in [9.17, 15) is 22.4 Å². The molecule has 140 valence electrons. The van der Waals surface area contributed by atoms with Gasteiger partial charge in [-0.3, -0.25) is 4.79 Å². The van der Waals surface area contributed by atoms with Crippen molar-refractivity contribution >= 4 is 5.91 Å². The maximum atomic E-state index is 13.4. The first-order valence-corrected chi connectivity index (χ1v) is 7.97. The molecule has 1 atom stereocenters. The fourth-order valence-corrected chi connectivity index (χ4v) is 2.49. The predicted octanol–water partition coefficient (Wildman–Crippen LogP) is 3.94. The molecule has 0 aliphatic heterocycles. The summed E-state index contributed by atoms with van der Waals surface area (Å²) in [6, 6.07) is 9.13. The Labute approximate surface area is 149 Å². The highest BCUT2D eigenvalue weighted by molar-refractivity contribution is 5.83. The van der Waals surface area contributed by atoms with E-state index in [1.54, 1.807) is 12.1 Å². The average Bonchev–Trinajstić information content (AvgIpc) is 2.58. The van der Waals surface area contributed by atoms with Crippen molar-refractivity contribution < 1.29 is 22.4 Å². The SMILES string of the molecule is CC(C)(CNC(=O)C(N)c1cccc(C(F)(F)F)c1)c1cccc(F)c1. The molecule has 0 heterocycles. The molecule has 0 spiro atoms. The van der Waals surface area contributed by atoms with Crippen molar-refractivity contribution in [2.45, 2.75) is 31.5 Å². The molecule has 2 aromatic rings. The zero-order valence-electron chi connectivity index (χ0n) is 14.4. The molecule has 0 aromatic heterocycles. The molecule has 3 N–H and O–H groups in total. The van der Waals surface area contributed by atoms with Crippen molar-refractivity contribution in [3.63, 3.8) is 0 Å². The first-order chi connectivity index (χ1) is 12.0. The first kappa shape index (κ1) is 19.9. The van der Waals surface area contributed by atoms with Gasteiger partial charge < -0.3 is 11.1 Å².